The number of carbonyl (C=O) groups excluding carboxylic acids is 1. The van der Waals surface area contributed by atoms with E-state index in [-0.39, 0.29) is 23.5 Å². The summed E-state index contributed by atoms with van der Waals surface area (Å²) in [4.78, 5) is 19.1. The first-order chi connectivity index (χ1) is 12.5. The minimum absolute atomic E-state index is 0.0492. The molecule has 1 saturated heterocycles. The number of hydrogen-bond donors (Lipinski definition) is 2. The number of nitrogens with zero attached hydrogens (tertiary/aromatic N) is 4. The molecule has 0 atom stereocenters. The molecule has 2 N–H and O–H groups in total. The number of halogens is 1. The molecular formula is C18H25FN6O. The Bertz CT molecular complexity index is 754. The van der Waals surface area contributed by atoms with E-state index in [0.29, 0.717) is 18.1 Å². The van der Waals surface area contributed by atoms with Gasteiger partial charge in [0.05, 0.1) is 5.69 Å². The Morgan fingerprint density at radius 1 is 1.35 bits per heavy atom. The maximum Gasteiger partial charge on any atom is 0.291 e. The average molecular weight is 360 g/mol. The SMILES string of the molecule is CC(C)c1nc(C(=O)NCCN2CCNCC2)nn1-c1cccc(F)c1. The van der Waals surface area contributed by atoms with Crippen molar-refractivity contribution < 1.29 is 9.18 Å². The van der Waals surface area contributed by atoms with E-state index < -0.39 is 0 Å². The van der Waals surface area contributed by atoms with E-state index in [0.717, 1.165) is 32.7 Å². The van der Waals surface area contributed by atoms with E-state index in [4.69, 9.17) is 0 Å². The molecule has 1 amide bonds. The molecular weight excluding hydrogens is 335 g/mol. The Kier molecular flexibility index (Phi) is 5.95. The summed E-state index contributed by atoms with van der Waals surface area (Å²) >= 11 is 0. The van der Waals surface area contributed by atoms with Gasteiger partial charge in [-0.1, -0.05) is 19.9 Å². The summed E-state index contributed by atoms with van der Waals surface area (Å²) < 4.78 is 15.1. The highest BCUT2D eigenvalue weighted by atomic mass is 19.1. The van der Waals surface area contributed by atoms with Crippen LogP contribution in [0.4, 0.5) is 4.39 Å². The van der Waals surface area contributed by atoms with Crippen LogP contribution in [0.5, 0.6) is 0 Å². The Morgan fingerprint density at radius 3 is 2.81 bits per heavy atom. The Hall–Kier alpha value is -2.32. The largest absolute Gasteiger partial charge is 0.348 e. The molecule has 2 heterocycles. The summed E-state index contributed by atoms with van der Waals surface area (Å²) in [6.07, 6.45) is 0. The van der Waals surface area contributed by atoms with E-state index in [2.05, 4.69) is 25.6 Å². The Labute approximate surface area is 152 Å². The van der Waals surface area contributed by atoms with Gasteiger partial charge in [-0.2, -0.15) is 0 Å². The van der Waals surface area contributed by atoms with E-state index in [1.54, 1.807) is 16.8 Å². The van der Waals surface area contributed by atoms with Gasteiger partial charge in [0.15, 0.2) is 0 Å². The van der Waals surface area contributed by atoms with Crippen LogP contribution in [-0.4, -0.2) is 64.8 Å². The third kappa shape index (κ3) is 4.44. The van der Waals surface area contributed by atoms with E-state index in [1.165, 1.54) is 12.1 Å². The molecule has 7 nitrogen and oxygen atoms in total. The van der Waals surface area contributed by atoms with Gasteiger partial charge in [0.1, 0.15) is 11.6 Å². The third-order valence-electron chi connectivity index (χ3n) is 4.33. The lowest BCUT2D eigenvalue weighted by molar-refractivity contribution is 0.0937. The number of nitrogens with one attached hydrogen (secondary N) is 2. The van der Waals surface area contributed by atoms with E-state index in [1.807, 2.05) is 13.8 Å². The quantitative estimate of drug-likeness (QED) is 0.809. The highest BCUT2D eigenvalue weighted by Gasteiger charge is 2.19. The molecule has 8 heteroatoms. The summed E-state index contributed by atoms with van der Waals surface area (Å²) in [7, 11) is 0. The molecule has 2 aromatic rings. The lowest BCUT2D eigenvalue weighted by Gasteiger charge is -2.26. The molecule has 1 aromatic carbocycles. The standard InChI is InChI=1S/C18H25FN6O/c1-13(2)17-22-16(23-25(17)15-5-3-4-14(19)12-15)18(26)21-8-11-24-9-6-20-7-10-24/h3-5,12-13,20H,6-11H2,1-2H3,(H,21,26). The summed E-state index contributed by atoms with van der Waals surface area (Å²) in [5.74, 6) is 0.126. The molecule has 26 heavy (non-hydrogen) atoms. The van der Waals surface area contributed by atoms with Crippen molar-refractivity contribution in [3.05, 3.63) is 41.7 Å². The van der Waals surface area contributed by atoms with Gasteiger partial charge in [0.2, 0.25) is 5.82 Å². The number of hydrogen-bond acceptors (Lipinski definition) is 5. The third-order valence-corrected chi connectivity index (χ3v) is 4.33. The number of amides is 1. The molecule has 0 aliphatic carbocycles. The zero-order chi connectivity index (χ0) is 18.5. The van der Waals surface area contributed by atoms with Crippen molar-refractivity contribution in [3.63, 3.8) is 0 Å². The smallest absolute Gasteiger partial charge is 0.291 e. The number of benzene rings is 1. The second-order valence-electron chi connectivity index (χ2n) is 6.69. The molecule has 1 aromatic heterocycles. The summed E-state index contributed by atoms with van der Waals surface area (Å²) in [6.45, 7) is 9.20. The van der Waals surface area contributed by atoms with Gasteiger partial charge in [-0.15, -0.1) is 5.10 Å². The molecule has 1 aliphatic rings. The maximum absolute atomic E-state index is 13.5. The van der Waals surface area contributed by atoms with Crippen molar-refractivity contribution in [2.24, 2.45) is 0 Å². The first-order valence-electron chi connectivity index (χ1n) is 8.99. The molecule has 0 unspecified atom stereocenters. The fourth-order valence-corrected chi connectivity index (χ4v) is 2.93. The molecule has 0 radical (unpaired) electrons. The van der Waals surface area contributed by atoms with Gasteiger partial charge in [-0.25, -0.2) is 14.1 Å². The van der Waals surface area contributed by atoms with Gasteiger partial charge in [-0.05, 0) is 18.2 Å². The number of aromatic nitrogens is 3. The maximum atomic E-state index is 13.5. The lowest BCUT2D eigenvalue weighted by Crippen LogP contribution is -2.46. The van der Waals surface area contributed by atoms with Gasteiger partial charge in [-0.3, -0.25) is 9.69 Å². The van der Waals surface area contributed by atoms with Gasteiger partial charge >= 0.3 is 0 Å². The summed E-state index contributed by atoms with van der Waals surface area (Å²) in [5, 5.41) is 10.5. The van der Waals surface area contributed by atoms with Crippen molar-refractivity contribution in [1.82, 2.24) is 30.3 Å². The van der Waals surface area contributed by atoms with Crippen LogP contribution in [0.25, 0.3) is 5.69 Å². The molecule has 140 valence electrons. The van der Waals surface area contributed by atoms with Crippen LogP contribution in [0.1, 0.15) is 36.2 Å². The predicted octanol–water partition coefficient (Wildman–Crippen LogP) is 1.16. The number of piperazine rings is 1. The van der Waals surface area contributed by atoms with E-state index >= 15 is 0 Å². The first-order valence-corrected chi connectivity index (χ1v) is 8.99. The van der Waals surface area contributed by atoms with Crippen molar-refractivity contribution in [1.29, 1.82) is 0 Å². The Morgan fingerprint density at radius 2 is 2.12 bits per heavy atom. The molecule has 0 bridgehead atoms. The van der Waals surface area contributed by atoms with Crippen LogP contribution in [0.15, 0.2) is 24.3 Å². The van der Waals surface area contributed by atoms with Crippen molar-refractivity contribution in [2.45, 2.75) is 19.8 Å². The fraction of sp³-hybridized carbons (Fsp3) is 0.500. The van der Waals surface area contributed by atoms with Crippen LogP contribution in [0.3, 0.4) is 0 Å². The zero-order valence-electron chi connectivity index (χ0n) is 15.2. The number of carbonyl (C=O) groups is 1. The summed E-state index contributed by atoms with van der Waals surface area (Å²) in [6, 6.07) is 6.12. The molecule has 1 aliphatic heterocycles. The lowest BCUT2D eigenvalue weighted by atomic mass is 10.2. The van der Waals surface area contributed by atoms with E-state index in [9.17, 15) is 9.18 Å². The van der Waals surface area contributed by atoms with Crippen molar-refractivity contribution in [3.8, 4) is 5.69 Å². The highest BCUT2D eigenvalue weighted by Crippen LogP contribution is 2.18. The Balaban J connectivity index is 1.69. The van der Waals surface area contributed by atoms with Crippen LogP contribution in [-0.2, 0) is 0 Å². The van der Waals surface area contributed by atoms with Crippen LogP contribution in [0, 0.1) is 5.82 Å². The minimum Gasteiger partial charge on any atom is -0.348 e. The first kappa shape index (κ1) is 18.5. The van der Waals surface area contributed by atoms with Crippen LogP contribution in [0.2, 0.25) is 0 Å². The highest BCUT2D eigenvalue weighted by molar-refractivity contribution is 5.90. The summed E-state index contributed by atoms with van der Waals surface area (Å²) in [5.41, 5.74) is 0.557. The van der Waals surface area contributed by atoms with Crippen molar-refractivity contribution >= 4 is 5.91 Å². The molecule has 0 saturated carbocycles. The normalized spacial score (nSPS) is 15.4. The zero-order valence-corrected chi connectivity index (χ0v) is 15.2. The second kappa shape index (κ2) is 8.37. The molecule has 3 rings (SSSR count). The van der Waals surface area contributed by atoms with Gasteiger partial charge in [0, 0.05) is 45.2 Å². The van der Waals surface area contributed by atoms with Crippen LogP contribution >= 0.6 is 0 Å². The molecule has 1 fully saturated rings. The van der Waals surface area contributed by atoms with Gasteiger partial charge in [0.25, 0.3) is 5.91 Å². The predicted molar refractivity (Wildman–Crippen MR) is 97.0 cm³/mol. The minimum atomic E-state index is -0.352. The fourth-order valence-electron chi connectivity index (χ4n) is 2.93. The van der Waals surface area contributed by atoms with Crippen molar-refractivity contribution in [2.75, 3.05) is 39.3 Å². The number of rotatable bonds is 6. The molecule has 0 spiro atoms. The van der Waals surface area contributed by atoms with Gasteiger partial charge < -0.3 is 10.6 Å². The second-order valence-corrected chi connectivity index (χ2v) is 6.69. The average Bonchev–Trinajstić information content (AvgIpc) is 3.08. The van der Waals surface area contributed by atoms with Crippen LogP contribution < -0.4 is 10.6 Å². The monoisotopic (exact) mass is 360 g/mol. The topological polar surface area (TPSA) is 75.1 Å².